The van der Waals surface area contributed by atoms with Crippen LogP contribution in [0.25, 0.3) is 0 Å². The summed E-state index contributed by atoms with van der Waals surface area (Å²) < 4.78 is 29.3. The lowest BCUT2D eigenvalue weighted by Gasteiger charge is -2.31. The van der Waals surface area contributed by atoms with Crippen molar-refractivity contribution >= 4 is 15.9 Å². The first-order valence-electron chi connectivity index (χ1n) is 7.51. The van der Waals surface area contributed by atoms with Gasteiger partial charge in [-0.25, -0.2) is 0 Å². The van der Waals surface area contributed by atoms with Crippen LogP contribution in [0, 0.1) is 5.92 Å². The zero-order valence-electron chi connectivity index (χ0n) is 12.7. The Bertz CT molecular complexity index is 564. The van der Waals surface area contributed by atoms with Crippen molar-refractivity contribution in [1.29, 1.82) is 0 Å². The van der Waals surface area contributed by atoms with E-state index in [1.165, 1.54) is 4.31 Å². The highest BCUT2D eigenvalue weighted by atomic mass is 32.2. The summed E-state index contributed by atoms with van der Waals surface area (Å²) in [4.78, 5) is 0. The first kappa shape index (κ1) is 16.3. The number of piperidine rings is 1. The average Bonchev–Trinajstić information content (AvgIpc) is 2.47. The van der Waals surface area contributed by atoms with Crippen LogP contribution in [0.4, 0.5) is 5.69 Å². The van der Waals surface area contributed by atoms with E-state index in [-0.39, 0.29) is 5.92 Å². The molecule has 0 bridgehead atoms. The Morgan fingerprint density at radius 3 is 2.48 bits per heavy atom. The summed E-state index contributed by atoms with van der Waals surface area (Å²) in [7, 11) is -3.48. The highest BCUT2D eigenvalue weighted by Crippen LogP contribution is 2.26. The van der Waals surface area contributed by atoms with E-state index in [2.05, 4.69) is 18.6 Å². The lowest BCUT2D eigenvalue weighted by molar-refractivity contribution is 0.280. The summed E-state index contributed by atoms with van der Waals surface area (Å²) >= 11 is 0. The van der Waals surface area contributed by atoms with Crippen LogP contribution >= 0.6 is 0 Å². The maximum atomic E-state index is 12.5. The van der Waals surface area contributed by atoms with Crippen molar-refractivity contribution in [3.05, 3.63) is 29.8 Å². The van der Waals surface area contributed by atoms with Gasteiger partial charge in [-0.15, -0.1) is 0 Å². The summed E-state index contributed by atoms with van der Waals surface area (Å²) in [5.74, 6) is 0.714. The molecule has 0 aliphatic carbocycles. The molecule has 1 fully saturated rings. The number of anilines is 1. The van der Waals surface area contributed by atoms with Crippen LogP contribution in [-0.2, 0) is 10.2 Å². The number of nitrogens with zero attached hydrogens (tertiary/aromatic N) is 1. The number of hydrogen-bond donors (Lipinski definition) is 2. The molecule has 0 saturated carbocycles. The van der Waals surface area contributed by atoms with Crippen molar-refractivity contribution in [1.82, 2.24) is 4.31 Å². The Kier molecular flexibility index (Phi) is 5.24. The van der Waals surface area contributed by atoms with E-state index in [0.717, 1.165) is 18.4 Å². The van der Waals surface area contributed by atoms with Gasteiger partial charge in [0.15, 0.2) is 0 Å². The molecule has 0 unspecified atom stereocenters. The number of nitrogens with one attached hydrogen (secondary N) is 1. The lowest BCUT2D eigenvalue weighted by Crippen LogP contribution is -2.42. The smallest absolute Gasteiger partial charge is 0.301 e. The SMILES string of the molecule is CC(C)c1ccccc1NS(=O)(=O)N1CCC(CN)CC1. The van der Waals surface area contributed by atoms with Crippen LogP contribution in [0.15, 0.2) is 24.3 Å². The fourth-order valence-electron chi connectivity index (χ4n) is 2.68. The fraction of sp³-hybridized carbons (Fsp3) is 0.600. The van der Waals surface area contributed by atoms with Gasteiger partial charge in [0.05, 0.1) is 5.69 Å². The van der Waals surface area contributed by atoms with Gasteiger partial charge < -0.3 is 5.73 Å². The Hall–Kier alpha value is -1.11. The molecule has 1 aliphatic rings. The lowest BCUT2D eigenvalue weighted by atomic mass is 9.99. The summed E-state index contributed by atoms with van der Waals surface area (Å²) in [5, 5.41) is 0. The van der Waals surface area contributed by atoms with Gasteiger partial charge in [-0.05, 0) is 42.9 Å². The van der Waals surface area contributed by atoms with Crippen molar-refractivity contribution in [2.24, 2.45) is 11.7 Å². The number of para-hydroxylation sites is 1. The molecule has 0 radical (unpaired) electrons. The van der Waals surface area contributed by atoms with Gasteiger partial charge >= 0.3 is 10.2 Å². The van der Waals surface area contributed by atoms with E-state index in [9.17, 15) is 8.42 Å². The predicted molar refractivity (Wildman–Crippen MR) is 86.4 cm³/mol. The zero-order valence-corrected chi connectivity index (χ0v) is 13.6. The van der Waals surface area contributed by atoms with Gasteiger partial charge in [0.2, 0.25) is 0 Å². The molecule has 21 heavy (non-hydrogen) atoms. The van der Waals surface area contributed by atoms with E-state index in [1.807, 2.05) is 24.3 Å². The summed E-state index contributed by atoms with van der Waals surface area (Å²) in [6, 6.07) is 7.56. The summed E-state index contributed by atoms with van der Waals surface area (Å²) in [6.07, 6.45) is 1.67. The first-order chi connectivity index (χ1) is 9.94. The first-order valence-corrected chi connectivity index (χ1v) is 8.95. The second-order valence-corrected chi connectivity index (χ2v) is 7.60. The van der Waals surface area contributed by atoms with Gasteiger partial charge in [0.25, 0.3) is 0 Å². The van der Waals surface area contributed by atoms with Crippen molar-refractivity contribution in [2.75, 3.05) is 24.4 Å². The molecule has 0 spiro atoms. The predicted octanol–water partition coefficient (Wildman–Crippen LogP) is 2.14. The van der Waals surface area contributed by atoms with Crippen molar-refractivity contribution in [3.63, 3.8) is 0 Å². The van der Waals surface area contributed by atoms with Crippen molar-refractivity contribution in [3.8, 4) is 0 Å². The molecular weight excluding hydrogens is 286 g/mol. The zero-order chi connectivity index (χ0) is 15.5. The van der Waals surface area contributed by atoms with Crippen LogP contribution in [-0.4, -0.2) is 32.4 Å². The minimum atomic E-state index is -3.48. The standard InChI is InChI=1S/C15H25N3O2S/c1-12(2)14-5-3-4-6-15(14)17-21(19,20)18-9-7-13(11-16)8-10-18/h3-6,12-13,17H,7-11,16H2,1-2H3. The maximum absolute atomic E-state index is 12.5. The van der Waals surface area contributed by atoms with Gasteiger partial charge in [0.1, 0.15) is 0 Å². The molecule has 1 aliphatic heterocycles. The highest BCUT2D eigenvalue weighted by molar-refractivity contribution is 7.90. The second-order valence-electron chi connectivity index (χ2n) is 5.93. The van der Waals surface area contributed by atoms with Crippen molar-refractivity contribution < 1.29 is 8.42 Å². The Morgan fingerprint density at radius 1 is 1.29 bits per heavy atom. The molecular formula is C15H25N3O2S. The third kappa shape index (κ3) is 3.96. The molecule has 1 saturated heterocycles. The fourth-order valence-corrected chi connectivity index (χ4v) is 3.97. The molecule has 0 atom stereocenters. The van der Waals surface area contributed by atoms with E-state index in [1.54, 1.807) is 0 Å². The molecule has 1 aromatic rings. The Balaban J connectivity index is 2.12. The minimum Gasteiger partial charge on any atom is -0.330 e. The molecule has 5 nitrogen and oxygen atoms in total. The van der Waals surface area contributed by atoms with Gasteiger partial charge in [0, 0.05) is 13.1 Å². The summed E-state index contributed by atoms with van der Waals surface area (Å²) in [6.45, 7) is 5.83. The Labute approximate surface area is 127 Å². The van der Waals surface area contributed by atoms with Crippen molar-refractivity contribution in [2.45, 2.75) is 32.6 Å². The van der Waals surface area contributed by atoms with Crippen LogP contribution in [0.1, 0.15) is 38.2 Å². The van der Waals surface area contributed by atoms with E-state index in [4.69, 9.17) is 5.73 Å². The topological polar surface area (TPSA) is 75.4 Å². The summed E-state index contributed by atoms with van der Waals surface area (Å²) in [5.41, 5.74) is 7.34. The average molecular weight is 311 g/mol. The number of hydrogen-bond acceptors (Lipinski definition) is 3. The highest BCUT2D eigenvalue weighted by Gasteiger charge is 2.28. The van der Waals surface area contributed by atoms with Crippen LogP contribution < -0.4 is 10.5 Å². The normalized spacial score (nSPS) is 18.1. The van der Waals surface area contributed by atoms with E-state index < -0.39 is 10.2 Å². The molecule has 118 valence electrons. The molecule has 0 amide bonds. The number of nitrogens with two attached hydrogens (primary N) is 1. The second kappa shape index (κ2) is 6.77. The number of benzene rings is 1. The van der Waals surface area contributed by atoms with Gasteiger partial charge in [-0.2, -0.15) is 12.7 Å². The van der Waals surface area contributed by atoms with E-state index >= 15 is 0 Å². The van der Waals surface area contributed by atoms with Crippen LogP contribution in [0.5, 0.6) is 0 Å². The maximum Gasteiger partial charge on any atom is 0.301 e. The van der Waals surface area contributed by atoms with Crippen LogP contribution in [0.2, 0.25) is 0 Å². The molecule has 1 heterocycles. The third-order valence-corrected chi connectivity index (χ3v) is 5.59. The number of rotatable bonds is 5. The largest absolute Gasteiger partial charge is 0.330 e. The molecule has 0 aromatic heterocycles. The molecule has 1 aromatic carbocycles. The third-order valence-electron chi connectivity index (χ3n) is 4.07. The monoisotopic (exact) mass is 311 g/mol. The minimum absolute atomic E-state index is 0.270. The molecule has 2 rings (SSSR count). The van der Waals surface area contributed by atoms with E-state index in [0.29, 0.717) is 31.2 Å². The molecule has 6 heteroatoms. The van der Waals surface area contributed by atoms with Crippen LogP contribution in [0.3, 0.4) is 0 Å². The molecule has 3 N–H and O–H groups in total. The van der Waals surface area contributed by atoms with Gasteiger partial charge in [-0.3, -0.25) is 4.72 Å². The Morgan fingerprint density at radius 2 is 1.90 bits per heavy atom. The quantitative estimate of drug-likeness (QED) is 0.875. The van der Waals surface area contributed by atoms with Gasteiger partial charge in [-0.1, -0.05) is 32.0 Å².